The zero-order valence-electron chi connectivity index (χ0n) is 14.5. The first-order chi connectivity index (χ1) is 11.9. The summed E-state index contributed by atoms with van der Waals surface area (Å²) < 4.78 is 5.03. The molecule has 0 aliphatic heterocycles. The van der Waals surface area contributed by atoms with E-state index in [0.29, 0.717) is 15.4 Å². The number of esters is 1. The molecule has 2 aromatic heterocycles. The van der Waals surface area contributed by atoms with Gasteiger partial charge in [-0.3, -0.25) is 9.59 Å². The van der Waals surface area contributed by atoms with E-state index in [1.807, 2.05) is 19.9 Å². The van der Waals surface area contributed by atoms with Crippen molar-refractivity contribution in [3.05, 3.63) is 38.4 Å². The maximum absolute atomic E-state index is 12.2. The third kappa shape index (κ3) is 5.24. The number of carbonyl (C=O) groups excluding carboxylic acids is 3. The van der Waals surface area contributed by atoms with E-state index in [1.54, 1.807) is 19.1 Å². The average molecular weight is 380 g/mol. The first-order valence-electron chi connectivity index (χ1n) is 8.13. The summed E-state index contributed by atoms with van der Waals surface area (Å²) in [6, 6.07) is 5.42. The fourth-order valence-corrected chi connectivity index (χ4v) is 4.03. The van der Waals surface area contributed by atoms with Crippen molar-refractivity contribution in [3.63, 3.8) is 0 Å². The topological polar surface area (TPSA) is 72.5 Å². The van der Waals surface area contributed by atoms with Crippen molar-refractivity contribution >= 4 is 45.3 Å². The number of hydrogen-bond donors (Lipinski definition) is 1. The van der Waals surface area contributed by atoms with Crippen LogP contribution in [-0.2, 0) is 16.0 Å². The molecule has 0 radical (unpaired) electrons. The molecule has 0 saturated carbocycles. The van der Waals surface area contributed by atoms with Crippen LogP contribution < -0.4 is 5.32 Å². The van der Waals surface area contributed by atoms with E-state index in [0.717, 1.165) is 16.2 Å². The molecular formula is C18H21NO4S2. The van der Waals surface area contributed by atoms with Gasteiger partial charge in [0.15, 0.2) is 5.78 Å². The molecule has 1 N–H and O–H groups in total. The highest BCUT2D eigenvalue weighted by molar-refractivity contribution is 7.16. The smallest absolute Gasteiger partial charge is 0.341 e. The number of anilines is 1. The van der Waals surface area contributed by atoms with Gasteiger partial charge in [0.25, 0.3) is 0 Å². The second-order valence-corrected chi connectivity index (χ2v) is 7.84. The fourth-order valence-electron chi connectivity index (χ4n) is 2.19. The van der Waals surface area contributed by atoms with E-state index in [-0.39, 0.29) is 31.1 Å². The molecule has 0 saturated heterocycles. The molecule has 0 spiro atoms. The lowest BCUT2D eigenvalue weighted by molar-refractivity contribution is -0.116. The zero-order valence-corrected chi connectivity index (χ0v) is 16.1. The number of ketones is 1. The van der Waals surface area contributed by atoms with Crippen molar-refractivity contribution in [1.29, 1.82) is 0 Å². The molecule has 0 unspecified atom stereocenters. The molecule has 1 amide bonds. The number of rotatable bonds is 8. The maximum atomic E-state index is 12.2. The molecule has 7 heteroatoms. The van der Waals surface area contributed by atoms with Crippen LogP contribution in [0.3, 0.4) is 0 Å². The minimum Gasteiger partial charge on any atom is -0.462 e. The first-order valence-corrected chi connectivity index (χ1v) is 9.77. The number of carbonyl (C=O) groups is 3. The Hall–Kier alpha value is -1.99. The third-order valence-electron chi connectivity index (χ3n) is 3.47. The molecule has 2 aromatic rings. The molecule has 2 heterocycles. The molecule has 0 fully saturated rings. The summed E-state index contributed by atoms with van der Waals surface area (Å²) in [4.78, 5) is 39.0. The van der Waals surface area contributed by atoms with Crippen LogP contribution in [0.1, 0.15) is 56.5 Å². The van der Waals surface area contributed by atoms with E-state index in [2.05, 4.69) is 5.32 Å². The SMILES string of the molecule is CCOC(=O)c1cc(CC)sc1NC(=O)CCC(=O)c1ccc(C)s1. The lowest BCUT2D eigenvalue weighted by Crippen LogP contribution is -2.15. The minimum absolute atomic E-state index is 0.0423. The molecule has 2 rings (SSSR count). The van der Waals surface area contributed by atoms with Gasteiger partial charge in [-0.1, -0.05) is 6.92 Å². The number of hydrogen-bond acceptors (Lipinski definition) is 6. The van der Waals surface area contributed by atoms with Gasteiger partial charge in [-0.2, -0.15) is 0 Å². The van der Waals surface area contributed by atoms with E-state index in [9.17, 15) is 14.4 Å². The molecule has 5 nitrogen and oxygen atoms in total. The molecule has 0 atom stereocenters. The summed E-state index contributed by atoms with van der Waals surface area (Å²) in [6.45, 7) is 5.93. The van der Waals surface area contributed by atoms with Gasteiger partial charge in [0.05, 0.1) is 17.0 Å². The highest BCUT2D eigenvalue weighted by atomic mass is 32.1. The van der Waals surface area contributed by atoms with Crippen LogP contribution >= 0.6 is 22.7 Å². The Bertz CT molecular complexity index is 776. The molecular weight excluding hydrogens is 358 g/mol. The Morgan fingerprint density at radius 2 is 1.88 bits per heavy atom. The largest absolute Gasteiger partial charge is 0.462 e. The number of amides is 1. The van der Waals surface area contributed by atoms with Gasteiger partial charge in [0, 0.05) is 22.6 Å². The molecule has 0 aromatic carbocycles. The summed E-state index contributed by atoms with van der Waals surface area (Å²) in [6.07, 6.45) is 0.993. The quantitative estimate of drug-likeness (QED) is 0.543. The first kappa shape index (κ1) is 19.3. The lowest BCUT2D eigenvalue weighted by Gasteiger charge is -2.05. The van der Waals surface area contributed by atoms with E-state index in [1.165, 1.54) is 22.7 Å². The minimum atomic E-state index is -0.445. The lowest BCUT2D eigenvalue weighted by atomic mass is 10.2. The van der Waals surface area contributed by atoms with Crippen LogP contribution in [0.15, 0.2) is 18.2 Å². The third-order valence-corrected chi connectivity index (χ3v) is 5.71. The van der Waals surface area contributed by atoms with Gasteiger partial charge in [-0.05, 0) is 38.5 Å². The highest BCUT2D eigenvalue weighted by Gasteiger charge is 2.19. The molecule has 25 heavy (non-hydrogen) atoms. The monoisotopic (exact) mass is 379 g/mol. The number of Topliss-reactive ketones (excluding diaryl/α,β-unsaturated/α-hetero) is 1. The van der Waals surface area contributed by atoms with Gasteiger partial charge >= 0.3 is 5.97 Å². The fraction of sp³-hybridized carbons (Fsp3) is 0.389. The molecule has 134 valence electrons. The average Bonchev–Trinajstić information content (AvgIpc) is 3.19. The van der Waals surface area contributed by atoms with Gasteiger partial charge in [0.2, 0.25) is 5.91 Å². The maximum Gasteiger partial charge on any atom is 0.341 e. The normalized spacial score (nSPS) is 10.5. The van der Waals surface area contributed by atoms with Crippen molar-refractivity contribution in [2.75, 3.05) is 11.9 Å². The summed E-state index contributed by atoms with van der Waals surface area (Å²) in [5.74, 6) is -0.769. The van der Waals surface area contributed by atoms with Crippen LogP contribution in [0.4, 0.5) is 5.00 Å². The van der Waals surface area contributed by atoms with Gasteiger partial charge in [0.1, 0.15) is 5.00 Å². The predicted octanol–water partition coefficient (Wildman–Crippen LogP) is 4.46. The van der Waals surface area contributed by atoms with Gasteiger partial charge in [-0.25, -0.2) is 4.79 Å². The second-order valence-electron chi connectivity index (χ2n) is 5.41. The van der Waals surface area contributed by atoms with Crippen LogP contribution in [0.2, 0.25) is 0 Å². The van der Waals surface area contributed by atoms with Crippen LogP contribution in [0.5, 0.6) is 0 Å². The predicted molar refractivity (Wildman–Crippen MR) is 101 cm³/mol. The molecule has 0 aliphatic carbocycles. The number of aryl methyl sites for hydroxylation is 2. The second kappa shape index (κ2) is 8.92. The van der Waals surface area contributed by atoms with Crippen molar-refractivity contribution < 1.29 is 19.1 Å². The Morgan fingerprint density at radius 3 is 2.48 bits per heavy atom. The zero-order chi connectivity index (χ0) is 18.4. The van der Waals surface area contributed by atoms with Crippen molar-refractivity contribution in [3.8, 4) is 0 Å². The van der Waals surface area contributed by atoms with Crippen LogP contribution in [-0.4, -0.2) is 24.3 Å². The Balaban J connectivity index is 1.98. The number of nitrogens with one attached hydrogen (secondary N) is 1. The number of ether oxygens (including phenoxy) is 1. The summed E-state index contributed by atoms with van der Waals surface area (Å²) in [7, 11) is 0. The van der Waals surface area contributed by atoms with E-state index in [4.69, 9.17) is 4.74 Å². The summed E-state index contributed by atoms with van der Waals surface area (Å²) in [5, 5.41) is 3.23. The van der Waals surface area contributed by atoms with Crippen LogP contribution in [0.25, 0.3) is 0 Å². The number of thiophene rings is 2. The van der Waals surface area contributed by atoms with Gasteiger partial charge < -0.3 is 10.1 Å². The van der Waals surface area contributed by atoms with Gasteiger partial charge in [-0.15, -0.1) is 22.7 Å². The van der Waals surface area contributed by atoms with E-state index >= 15 is 0 Å². The Kier molecular flexibility index (Phi) is 6.90. The standard InChI is InChI=1S/C18H21NO4S2/c1-4-12-10-13(18(22)23-5-2)17(25-12)19-16(21)9-7-14(20)15-8-6-11(3)24-15/h6,8,10H,4-5,7,9H2,1-3H3,(H,19,21). The van der Waals surface area contributed by atoms with Crippen molar-refractivity contribution in [2.45, 2.75) is 40.0 Å². The van der Waals surface area contributed by atoms with Crippen LogP contribution in [0, 0.1) is 6.92 Å². The Morgan fingerprint density at radius 1 is 1.12 bits per heavy atom. The van der Waals surface area contributed by atoms with E-state index < -0.39 is 5.97 Å². The highest BCUT2D eigenvalue weighted by Crippen LogP contribution is 2.29. The van der Waals surface area contributed by atoms with Crippen molar-refractivity contribution in [1.82, 2.24) is 0 Å². The summed E-state index contributed by atoms with van der Waals surface area (Å²) >= 11 is 2.79. The Labute approximate surface area is 155 Å². The van der Waals surface area contributed by atoms with Crippen molar-refractivity contribution in [2.24, 2.45) is 0 Å². The molecule has 0 aliphatic rings. The molecule has 0 bridgehead atoms. The summed E-state index contributed by atoms with van der Waals surface area (Å²) in [5.41, 5.74) is 0.372.